The van der Waals surface area contributed by atoms with Crippen LogP contribution < -0.4 is 0 Å². The molecule has 1 aliphatic carbocycles. The maximum Gasteiger partial charge on any atom is 0.141 e. The number of nitrogens with zero attached hydrogens (tertiary/aromatic N) is 2. The quantitative estimate of drug-likeness (QED) is 0.752. The van der Waals surface area contributed by atoms with Gasteiger partial charge in [-0.05, 0) is 24.3 Å². The minimum Gasteiger partial charge on any atom is -0.222 e. The molecule has 3 rings (SSSR count). The van der Waals surface area contributed by atoms with Crippen LogP contribution in [0.5, 0.6) is 0 Å². The van der Waals surface area contributed by atoms with Gasteiger partial charge in [0.25, 0.3) is 0 Å². The molecule has 2 heterocycles. The highest BCUT2D eigenvalue weighted by Crippen LogP contribution is 2.57. The third kappa shape index (κ3) is 1.85. The molecule has 0 bridgehead atoms. The molecule has 90 valence electrons. The molecular formula is C13H15ClN2S. The van der Waals surface area contributed by atoms with E-state index in [2.05, 4.69) is 36.8 Å². The Morgan fingerprint density at radius 1 is 1.47 bits per heavy atom. The van der Waals surface area contributed by atoms with Gasteiger partial charge in [0.1, 0.15) is 15.8 Å². The summed E-state index contributed by atoms with van der Waals surface area (Å²) in [4.78, 5) is 11.5. The van der Waals surface area contributed by atoms with Gasteiger partial charge in [0.15, 0.2) is 0 Å². The highest BCUT2D eigenvalue weighted by molar-refractivity contribution is 7.18. The zero-order chi connectivity index (χ0) is 12.2. The molecule has 17 heavy (non-hydrogen) atoms. The van der Waals surface area contributed by atoms with Gasteiger partial charge in [-0.3, -0.25) is 0 Å². The monoisotopic (exact) mass is 266 g/mol. The zero-order valence-corrected chi connectivity index (χ0v) is 11.8. The molecule has 1 atom stereocenters. The van der Waals surface area contributed by atoms with Crippen LogP contribution in [0.25, 0.3) is 10.2 Å². The van der Waals surface area contributed by atoms with E-state index in [1.165, 1.54) is 11.3 Å². The van der Waals surface area contributed by atoms with Gasteiger partial charge in [-0.25, -0.2) is 9.97 Å². The van der Waals surface area contributed by atoms with Gasteiger partial charge in [0.2, 0.25) is 0 Å². The molecule has 0 spiro atoms. The molecule has 2 aromatic rings. The van der Waals surface area contributed by atoms with Crippen molar-refractivity contribution in [2.24, 2.45) is 5.41 Å². The number of fused-ring (bicyclic) bond motifs is 1. The summed E-state index contributed by atoms with van der Waals surface area (Å²) in [6.07, 6.45) is 2.20. The van der Waals surface area contributed by atoms with Crippen molar-refractivity contribution in [3.05, 3.63) is 21.9 Å². The Hall–Kier alpha value is -0.670. The number of rotatable bonds is 2. The first-order valence-electron chi connectivity index (χ1n) is 5.97. The van der Waals surface area contributed by atoms with Crippen molar-refractivity contribution in [2.45, 2.75) is 39.5 Å². The third-order valence-electron chi connectivity index (χ3n) is 3.59. The Balaban J connectivity index is 2.11. The number of aromatic nitrogens is 2. The van der Waals surface area contributed by atoms with Gasteiger partial charge in [0, 0.05) is 16.2 Å². The predicted molar refractivity (Wildman–Crippen MR) is 72.9 cm³/mol. The van der Waals surface area contributed by atoms with Crippen molar-refractivity contribution >= 4 is 33.2 Å². The number of halogens is 1. The molecule has 1 saturated carbocycles. The van der Waals surface area contributed by atoms with Gasteiger partial charge in [-0.15, -0.1) is 11.3 Å². The van der Waals surface area contributed by atoms with Crippen molar-refractivity contribution in [3.8, 4) is 0 Å². The summed E-state index contributed by atoms with van der Waals surface area (Å²) in [5.74, 6) is 1.41. The molecule has 0 radical (unpaired) electrons. The topological polar surface area (TPSA) is 25.8 Å². The van der Waals surface area contributed by atoms with E-state index in [0.29, 0.717) is 16.5 Å². The van der Waals surface area contributed by atoms with Crippen LogP contribution in [0.2, 0.25) is 5.15 Å². The number of thiophene rings is 1. The van der Waals surface area contributed by atoms with E-state index < -0.39 is 0 Å². The summed E-state index contributed by atoms with van der Waals surface area (Å²) in [6.45, 7) is 6.66. The standard InChI is InChI=1S/C13H15ClN2S/c1-4-7-5-8-10(14)15-11(16-12(8)17-7)9-6-13(9,2)3/h5,9H,4,6H2,1-3H3. The first-order valence-corrected chi connectivity index (χ1v) is 7.16. The van der Waals surface area contributed by atoms with E-state index in [4.69, 9.17) is 11.6 Å². The van der Waals surface area contributed by atoms with Gasteiger partial charge in [0.05, 0.1) is 0 Å². The molecular weight excluding hydrogens is 252 g/mol. The lowest BCUT2D eigenvalue weighted by atomic mass is 10.1. The highest BCUT2D eigenvalue weighted by atomic mass is 35.5. The van der Waals surface area contributed by atoms with Gasteiger partial charge in [-0.2, -0.15) is 0 Å². The van der Waals surface area contributed by atoms with E-state index in [1.807, 2.05) is 0 Å². The Labute approximate surface area is 110 Å². The van der Waals surface area contributed by atoms with Crippen molar-refractivity contribution in [1.29, 1.82) is 0 Å². The fourth-order valence-corrected chi connectivity index (χ4v) is 3.45. The van der Waals surface area contributed by atoms with Crippen molar-refractivity contribution < 1.29 is 0 Å². The molecule has 0 aliphatic heterocycles. The third-order valence-corrected chi connectivity index (χ3v) is 5.05. The average molecular weight is 267 g/mol. The molecule has 0 N–H and O–H groups in total. The van der Waals surface area contributed by atoms with E-state index in [0.717, 1.165) is 22.5 Å². The number of hydrogen-bond acceptors (Lipinski definition) is 3. The fraction of sp³-hybridized carbons (Fsp3) is 0.538. The summed E-state index contributed by atoms with van der Waals surface area (Å²) in [5, 5.41) is 1.62. The van der Waals surface area contributed by atoms with E-state index >= 15 is 0 Å². The van der Waals surface area contributed by atoms with Gasteiger partial charge >= 0.3 is 0 Å². The van der Waals surface area contributed by atoms with Crippen LogP contribution in [-0.4, -0.2) is 9.97 Å². The molecule has 0 saturated heterocycles. The second-order valence-electron chi connectivity index (χ2n) is 5.40. The first kappa shape index (κ1) is 11.4. The molecule has 2 nitrogen and oxygen atoms in total. The lowest BCUT2D eigenvalue weighted by Crippen LogP contribution is -1.97. The van der Waals surface area contributed by atoms with E-state index in [-0.39, 0.29) is 0 Å². The van der Waals surface area contributed by atoms with Gasteiger partial charge in [-0.1, -0.05) is 32.4 Å². The minimum absolute atomic E-state index is 0.349. The number of hydrogen-bond donors (Lipinski definition) is 0. The summed E-state index contributed by atoms with van der Waals surface area (Å²) in [7, 11) is 0. The first-order chi connectivity index (χ1) is 8.01. The van der Waals surface area contributed by atoms with Crippen molar-refractivity contribution in [3.63, 3.8) is 0 Å². The lowest BCUT2D eigenvalue weighted by molar-refractivity contribution is 0.609. The average Bonchev–Trinajstić information content (AvgIpc) is 2.75. The van der Waals surface area contributed by atoms with Crippen LogP contribution in [0.1, 0.15) is 43.8 Å². The Bertz CT molecular complexity index is 588. The molecule has 1 fully saturated rings. The smallest absolute Gasteiger partial charge is 0.141 e. The molecule has 0 aromatic carbocycles. The van der Waals surface area contributed by atoms with Gasteiger partial charge < -0.3 is 0 Å². The minimum atomic E-state index is 0.349. The van der Waals surface area contributed by atoms with Crippen molar-refractivity contribution in [2.75, 3.05) is 0 Å². The zero-order valence-electron chi connectivity index (χ0n) is 10.2. The summed E-state index contributed by atoms with van der Waals surface area (Å²) in [6, 6.07) is 2.12. The maximum absolute atomic E-state index is 6.25. The Kier molecular flexibility index (Phi) is 2.46. The summed E-state index contributed by atoms with van der Waals surface area (Å²) in [5.41, 5.74) is 0.349. The maximum atomic E-state index is 6.25. The second kappa shape index (κ2) is 3.66. The fourth-order valence-electron chi connectivity index (χ4n) is 2.19. The van der Waals surface area contributed by atoms with Crippen molar-refractivity contribution in [1.82, 2.24) is 9.97 Å². The SMILES string of the molecule is CCc1cc2c(Cl)nc(C3CC3(C)C)nc2s1. The molecule has 1 unspecified atom stereocenters. The molecule has 1 aliphatic rings. The van der Waals surface area contributed by atoms with E-state index in [9.17, 15) is 0 Å². The van der Waals surface area contributed by atoms with Crippen LogP contribution in [0.15, 0.2) is 6.07 Å². The van der Waals surface area contributed by atoms with Crippen LogP contribution in [0.4, 0.5) is 0 Å². The normalized spacial score (nSPS) is 22.0. The second-order valence-corrected chi connectivity index (χ2v) is 6.88. The molecule has 2 aromatic heterocycles. The van der Waals surface area contributed by atoms with Crippen LogP contribution >= 0.6 is 22.9 Å². The largest absolute Gasteiger partial charge is 0.222 e. The van der Waals surface area contributed by atoms with E-state index in [1.54, 1.807) is 11.3 Å². The van der Waals surface area contributed by atoms with Crippen LogP contribution in [0, 0.1) is 5.41 Å². The molecule has 4 heteroatoms. The summed E-state index contributed by atoms with van der Waals surface area (Å²) >= 11 is 7.99. The van der Waals surface area contributed by atoms with Crippen LogP contribution in [0.3, 0.4) is 0 Å². The summed E-state index contributed by atoms with van der Waals surface area (Å²) < 4.78 is 0. The number of aryl methyl sites for hydroxylation is 1. The lowest BCUT2D eigenvalue weighted by Gasteiger charge is -2.03. The predicted octanol–water partition coefficient (Wildman–Crippen LogP) is 4.42. The van der Waals surface area contributed by atoms with Crippen LogP contribution in [-0.2, 0) is 6.42 Å². The Morgan fingerprint density at radius 2 is 2.18 bits per heavy atom. The Morgan fingerprint density at radius 3 is 2.76 bits per heavy atom. The molecule has 0 amide bonds. The highest BCUT2D eigenvalue weighted by Gasteiger charge is 2.48.